The fraction of sp³-hybridized carbons (Fsp3) is 0.333. The number of piperazine rings is 1. The molecule has 2 aromatic rings. The van der Waals surface area contributed by atoms with Crippen LogP contribution in [0.5, 0.6) is 5.75 Å². The fourth-order valence-corrected chi connectivity index (χ4v) is 4.84. The zero-order chi connectivity index (χ0) is 18.7. The van der Waals surface area contributed by atoms with Gasteiger partial charge >= 0.3 is 0 Å². The van der Waals surface area contributed by atoms with Gasteiger partial charge in [0.05, 0.1) is 43.2 Å². The number of hydrogen-bond donors (Lipinski definition) is 1. The van der Waals surface area contributed by atoms with E-state index >= 15 is 0 Å². The predicted molar refractivity (Wildman–Crippen MR) is 97.6 cm³/mol. The van der Waals surface area contributed by atoms with Crippen molar-refractivity contribution in [1.29, 1.82) is 0 Å². The second kappa shape index (κ2) is 7.92. The van der Waals surface area contributed by atoms with Crippen LogP contribution in [0.1, 0.15) is 5.56 Å². The number of ether oxygens (including phenoxy) is 1. The Balaban J connectivity index is 1.67. The molecule has 0 amide bonds. The van der Waals surface area contributed by atoms with Crippen molar-refractivity contribution in [2.24, 2.45) is 0 Å². The summed E-state index contributed by atoms with van der Waals surface area (Å²) >= 11 is 5.73. The van der Waals surface area contributed by atoms with Crippen LogP contribution in [-0.2, 0) is 16.6 Å². The first kappa shape index (κ1) is 19.1. The number of hydrogen-bond acceptors (Lipinski definition) is 3. The van der Waals surface area contributed by atoms with Crippen LogP contribution in [0.15, 0.2) is 47.4 Å². The molecule has 0 saturated carbocycles. The number of benzene rings is 2. The second-order valence-electron chi connectivity index (χ2n) is 6.22. The summed E-state index contributed by atoms with van der Waals surface area (Å²) in [4.78, 5) is 1.31. The number of rotatable bonds is 5. The number of sulfonamides is 1. The molecular weight excluding hydrogens is 379 g/mol. The summed E-state index contributed by atoms with van der Waals surface area (Å²) in [6.07, 6.45) is 0. The van der Waals surface area contributed by atoms with E-state index in [0.717, 1.165) is 23.9 Å². The van der Waals surface area contributed by atoms with Gasteiger partial charge in [-0.2, -0.15) is 4.31 Å². The normalized spacial score (nSPS) is 16.6. The number of methoxy groups -OCH3 is 1. The molecule has 1 fully saturated rings. The third-order valence-corrected chi connectivity index (χ3v) is 6.78. The number of halogens is 2. The monoisotopic (exact) mass is 399 g/mol. The zero-order valence-corrected chi connectivity index (χ0v) is 16.0. The van der Waals surface area contributed by atoms with Gasteiger partial charge in [0.15, 0.2) is 0 Å². The number of nitrogens with one attached hydrogen (secondary N) is 1. The maximum atomic E-state index is 13.3. The van der Waals surface area contributed by atoms with Crippen LogP contribution < -0.4 is 9.64 Å². The van der Waals surface area contributed by atoms with Crippen molar-refractivity contribution in [3.8, 4) is 5.75 Å². The Hall–Kier alpha value is -1.67. The van der Waals surface area contributed by atoms with Gasteiger partial charge in [0.25, 0.3) is 0 Å². The van der Waals surface area contributed by atoms with Crippen molar-refractivity contribution >= 4 is 21.6 Å². The van der Waals surface area contributed by atoms with Crippen LogP contribution in [0.3, 0.4) is 0 Å². The quantitative estimate of drug-likeness (QED) is 0.830. The maximum Gasteiger partial charge on any atom is 0.243 e. The highest BCUT2D eigenvalue weighted by atomic mass is 35.5. The number of para-hydroxylation sites is 1. The van der Waals surface area contributed by atoms with Crippen LogP contribution in [0.2, 0.25) is 5.02 Å². The molecule has 26 heavy (non-hydrogen) atoms. The molecular formula is C18H21ClFN2O3S+. The lowest BCUT2D eigenvalue weighted by Crippen LogP contribution is -3.13. The van der Waals surface area contributed by atoms with Crippen LogP contribution in [-0.4, -0.2) is 46.0 Å². The smallest absolute Gasteiger partial charge is 0.243 e. The molecule has 3 rings (SSSR count). The highest BCUT2D eigenvalue weighted by molar-refractivity contribution is 7.89. The topological polar surface area (TPSA) is 51.1 Å². The molecule has 5 nitrogen and oxygen atoms in total. The molecule has 1 saturated heterocycles. The molecule has 1 N–H and O–H groups in total. The summed E-state index contributed by atoms with van der Waals surface area (Å²) in [5.41, 5.74) is 1.10. The van der Waals surface area contributed by atoms with E-state index in [0.29, 0.717) is 26.2 Å². The van der Waals surface area contributed by atoms with E-state index in [-0.39, 0.29) is 9.92 Å². The van der Waals surface area contributed by atoms with Crippen LogP contribution in [0, 0.1) is 5.82 Å². The molecule has 0 spiro atoms. The van der Waals surface area contributed by atoms with Crippen molar-refractivity contribution in [1.82, 2.24) is 4.31 Å². The number of nitrogens with zero attached hydrogens (tertiary/aromatic N) is 1. The minimum absolute atomic E-state index is 0.0251. The van der Waals surface area contributed by atoms with Crippen molar-refractivity contribution in [2.75, 3.05) is 33.3 Å². The highest BCUT2D eigenvalue weighted by Gasteiger charge is 2.31. The Labute approximate surface area is 158 Å². The summed E-state index contributed by atoms with van der Waals surface area (Å²) < 4.78 is 45.6. The van der Waals surface area contributed by atoms with Gasteiger partial charge in [0.2, 0.25) is 10.0 Å². The van der Waals surface area contributed by atoms with E-state index in [1.165, 1.54) is 21.3 Å². The standard InChI is InChI=1S/C18H20ClFN2O3S/c1-25-18-5-3-2-4-14(18)13-21-8-10-22(11-9-21)26(23,24)15-6-7-17(20)16(19)12-15/h2-7,12H,8-11,13H2,1H3/p+1. The Kier molecular flexibility index (Phi) is 5.82. The predicted octanol–water partition coefficient (Wildman–Crippen LogP) is 1.58. The van der Waals surface area contributed by atoms with Gasteiger partial charge in [-0.1, -0.05) is 23.7 Å². The third kappa shape index (κ3) is 4.01. The average molecular weight is 400 g/mol. The van der Waals surface area contributed by atoms with Gasteiger partial charge in [-0.15, -0.1) is 0 Å². The molecule has 8 heteroatoms. The highest BCUT2D eigenvalue weighted by Crippen LogP contribution is 2.22. The van der Waals surface area contributed by atoms with Crippen LogP contribution >= 0.6 is 11.6 Å². The Morgan fingerprint density at radius 3 is 2.54 bits per heavy atom. The summed E-state index contributed by atoms with van der Waals surface area (Å²) in [6.45, 7) is 2.96. The van der Waals surface area contributed by atoms with Crippen LogP contribution in [0.4, 0.5) is 4.39 Å². The largest absolute Gasteiger partial charge is 0.496 e. The van der Waals surface area contributed by atoms with E-state index in [1.807, 2.05) is 24.3 Å². The van der Waals surface area contributed by atoms with Crippen molar-refractivity contribution in [3.05, 3.63) is 58.9 Å². The summed E-state index contributed by atoms with van der Waals surface area (Å²) in [6, 6.07) is 11.3. The van der Waals surface area contributed by atoms with E-state index in [1.54, 1.807) is 7.11 Å². The van der Waals surface area contributed by atoms with Gasteiger partial charge in [-0.05, 0) is 30.3 Å². The molecule has 0 bridgehead atoms. The minimum atomic E-state index is -3.67. The van der Waals surface area contributed by atoms with Gasteiger partial charge in [0.1, 0.15) is 18.1 Å². The second-order valence-corrected chi connectivity index (χ2v) is 8.56. The van der Waals surface area contributed by atoms with Crippen molar-refractivity contribution in [3.63, 3.8) is 0 Å². The first-order chi connectivity index (χ1) is 12.4. The van der Waals surface area contributed by atoms with Gasteiger partial charge in [-0.3, -0.25) is 0 Å². The van der Waals surface area contributed by atoms with Gasteiger partial charge in [-0.25, -0.2) is 12.8 Å². The lowest BCUT2D eigenvalue weighted by atomic mass is 10.2. The molecule has 1 aliphatic heterocycles. The first-order valence-electron chi connectivity index (χ1n) is 8.32. The molecule has 0 radical (unpaired) electrons. The van der Waals surface area contributed by atoms with E-state index in [9.17, 15) is 12.8 Å². The molecule has 0 aliphatic carbocycles. The molecule has 2 aromatic carbocycles. The summed E-state index contributed by atoms with van der Waals surface area (Å²) in [5.74, 6) is 0.215. The van der Waals surface area contributed by atoms with E-state index in [2.05, 4.69) is 0 Å². The van der Waals surface area contributed by atoms with Gasteiger partial charge < -0.3 is 9.64 Å². The zero-order valence-electron chi connectivity index (χ0n) is 14.4. The van der Waals surface area contributed by atoms with Crippen molar-refractivity contribution in [2.45, 2.75) is 11.4 Å². The molecule has 0 aromatic heterocycles. The molecule has 0 atom stereocenters. The van der Waals surface area contributed by atoms with E-state index in [4.69, 9.17) is 16.3 Å². The van der Waals surface area contributed by atoms with Gasteiger partial charge in [0, 0.05) is 5.56 Å². The van der Waals surface area contributed by atoms with Crippen LogP contribution in [0.25, 0.3) is 0 Å². The Morgan fingerprint density at radius 1 is 1.19 bits per heavy atom. The van der Waals surface area contributed by atoms with Crippen molar-refractivity contribution < 1.29 is 22.4 Å². The third-order valence-electron chi connectivity index (χ3n) is 4.59. The lowest BCUT2D eigenvalue weighted by Gasteiger charge is -2.31. The fourth-order valence-electron chi connectivity index (χ4n) is 3.12. The molecule has 140 valence electrons. The average Bonchev–Trinajstić information content (AvgIpc) is 2.65. The summed E-state index contributed by atoms with van der Waals surface area (Å²) in [5, 5.41) is -0.188. The minimum Gasteiger partial charge on any atom is -0.496 e. The number of quaternary nitrogens is 1. The summed E-state index contributed by atoms with van der Waals surface area (Å²) in [7, 11) is -2.02. The Bertz CT molecular complexity index is 884. The molecule has 1 heterocycles. The first-order valence-corrected chi connectivity index (χ1v) is 10.1. The lowest BCUT2D eigenvalue weighted by molar-refractivity contribution is -0.917. The molecule has 1 aliphatic rings. The van der Waals surface area contributed by atoms with E-state index < -0.39 is 15.8 Å². The maximum absolute atomic E-state index is 13.3. The molecule has 0 unspecified atom stereocenters. The Morgan fingerprint density at radius 2 is 1.88 bits per heavy atom. The SMILES string of the molecule is COc1ccccc1C[NH+]1CCN(S(=O)(=O)c2ccc(F)c(Cl)c2)CC1.